The van der Waals surface area contributed by atoms with Crippen molar-refractivity contribution in [3.8, 4) is 0 Å². The molecule has 0 atom stereocenters. The Hall–Kier alpha value is -1.48. The Labute approximate surface area is 102 Å². The number of nitrogens with one attached hydrogen (secondary N) is 1. The molecule has 0 radical (unpaired) electrons. The van der Waals surface area contributed by atoms with E-state index in [1.165, 1.54) is 30.2 Å². The average molecular weight is 229 g/mol. The zero-order chi connectivity index (χ0) is 11.8. The van der Waals surface area contributed by atoms with Gasteiger partial charge < -0.3 is 15.6 Å². The minimum atomic E-state index is 0.728. The molecule has 1 aliphatic carbocycles. The molecule has 0 bridgehead atoms. The van der Waals surface area contributed by atoms with Gasteiger partial charge in [0, 0.05) is 31.2 Å². The molecular formula is C14H19N3. The number of aromatic nitrogens is 1. The molecule has 1 saturated carbocycles. The van der Waals surface area contributed by atoms with E-state index in [9.17, 15) is 0 Å². The average Bonchev–Trinajstić information content (AvgIpc) is 2.55. The largest absolute Gasteiger partial charge is 0.397 e. The van der Waals surface area contributed by atoms with Crippen molar-refractivity contribution in [2.24, 2.45) is 7.05 Å². The summed E-state index contributed by atoms with van der Waals surface area (Å²) in [6.45, 7) is 0.950. The topological polar surface area (TPSA) is 43.0 Å². The normalized spacial score (nSPS) is 16.3. The minimum absolute atomic E-state index is 0.728. The Morgan fingerprint density at radius 2 is 2.24 bits per heavy atom. The monoisotopic (exact) mass is 229 g/mol. The number of nitrogens with zero attached hydrogens (tertiary/aromatic N) is 1. The van der Waals surface area contributed by atoms with Crippen molar-refractivity contribution in [2.75, 3.05) is 5.73 Å². The Kier molecular flexibility index (Phi) is 2.56. The number of hydrogen-bond acceptors (Lipinski definition) is 2. The second-order valence-electron chi connectivity index (χ2n) is 5.02. The van der Waals surface area contributed by atoms with E-state index < -0.39 is 0 Å². The molecule has 0 saturated heterocycles. The van der Waals surface area contributed by atoms with E-state index in [-0.39, 0.29) is 0 Å². The first-order valence-electron chi connectivity index (χ1n) is 6.31. The third-order valence-corrected chi connectivity index (χ3v) is 3.80. The van der Waals surface area contributed by atoms with Crippen LogP contribution in [-0.4, -0.2) is 10.6 Å². The van der Waals surface area contributed by atoms with Crippen molar-refractivity contribution in [3.63, 3.8) is 0 Å². The molecule has 3 heteroatoms. The van der Waals surface area contributed by atoms with Gasteiger partial charge in [0.2, 0.25) is 0 Å². The quantitative estimate of drug-likeness (QED) is 0.794. The molecular weight excluding hydrogens is 210 g/mol. The van der Waals surface area contributed by atoms with Crippen LogP contribution >= 0.6 is 0 Å². The summed E-state index contributed by atoms with van der Waals surface area (Å²) in [5.74, 6) is 0. The smallest absolute Gasteiger partial charge is 0.0714 e. The number of nitrogens with two attached hydrogens (primary N) is 1. The molecule has 1 aromatic carbocycles. The van der Waals surface area contributed by atoms with Crippen LogP contribution in [0.15, 0.2) is 24.4 Å². The first-order chi connectivity index (χ1) is 8.25. The number of fused-ring (bicyclic) bond motifs is 1. The predicted octanol–water partition coefficient (Wildman–Crippen LogP) is 2.40. The van der Waals surface area contributed by atoms with E-state index in [1.807, 2.05) is 12.1 Å². The molecule has 0 aliphatic heterocycles. The summed E-state index contributed by atoms with van der Waals surface area (Å²) in [6, 6.07) is 6.88. The summed E-state index contributed by atoms with van der Waals surface area (Å²) in [7, 11) is 2.06. The predicted molar refractivity (Wildman–Crippen MR) is 71.8 cm³/mol. The summed E-state index contributed by atoms with van der Waals surface area (Å²) < 4.78 is 2.13. The van der Waals surface area contributed by atoms with Crippen molar-refractivity contribution in [2.45, 2.75) is 31.8 Å². The molecule has 1 aliphatic rings. The number of rotatable bonds is 3. The SMILES string of the molecule is Cn1cc(CNC2CCC2)c2cccc(N)c21. The molecule has 3 N–H and O–H groups in total. The maximum atomic E-state index is 6.02. The third kappa shape index (κ3) is 1.80. The lowest BCUT2D eigenvalue weighted by atomic mass is 9.93. The van der Waals surface area contributed by atoms with Crippen molar-refractivity contribution in [1.29, 1.82) is 0 Å². The Morgan fingerprint density at radius 3 is 2.94 bits per heavy atom. The van der Waals surface area contributed by atoms with E-state index in [2.05, 4.69) is 29.2 Å². The Bertz CT molecular complexity index is 538. The fourth-order valence-corrected chi connectivity index (χ4v) is 2.59. The minimum Gasteiger partial charge on any atom is -0.397 e. The standard InChI is InChI=1S/C14H19N3/c1-17-9-10(8-16-11-4-2-5-11)12-6-3-7-13(15)14(12)17/h3,6-7,9,11,16H,2,4-5,8,15H2,1H3. The molecule has 3 rings (SSSR count). The zero-order valence-corrected chi connectivity index (χ0v) is 10.2. The Balaban J connectivity index is 1.90. The van der Waals surface area contributed by atoms with Crippen LogP contribution in [0.25, 0.3) is 10.9 Å². The highest BCUT2D eigenvalue weighted by molar-refractivity contribution is 5.93. The van der Waals surface area contributed by atoms with E-state index in [0.717, 1.165) is 23.8 Å². The van der Waals surface area contributed by atoms with Crippen LogP contribution in [0.1, 0.15) is 24.8 Å². The first-order valence-corrected chi connectivity index (χ1v) is 6.31. The van der Waals surface area contributed by atoms with E-state index in [0.29, 0.717) is 0 Å². The van der Waals surface area contributed by atoms with Crippen LogP contribution in [-0.2, 0) is 13.6 Å². The molecule has 2 aromatic rings. The summed E-state index contributed by atoms with van der Waals surface area (Å²) in [5.41, 5.74) is 9.38. The van der Waals surface area contributed by atoms with Gasteiger partial charge in [-0.05, 0) is 24.5 Å². The van der Waals surface area contributed by atoms with E-state index in [4.69, 9.17) is 5.73 Å². The molecule has 17 heavy (non-hydrogen) atoms. The number of nitrogen functional groups attached to an aromatic ring is 1. The van der Waals surface area contributed by atoms with Crippen LogP contribution < -0.4 is 11.1 Å². The highest BCUT2D eigenvalue weighted by Gasteiger charge is 2.17. The second kappa shape index (κ2) is 4.08. The van der Waals surface area contributed by atoms with E-state index >= 15 is 0 Å². The summed E-state index contributed by atoms with van der Waals surface area (Å²) in [6.07, 6.45) is 6.21. The lowest BCUT2D eigenvalue weighted by Gasteiger charge is -2.26. The van der Waals surface area contributed by atoms with Gasteiger partial charge in [0.1, 0.15) is 0 Å². The van der Waals surface area contributed by atoms with Crippen molar-refractivity contribution in [1.82, 2.24) is 9.88 Å². The van der Waals surface area contributed by atoms with Crippen molar-refractivity contribution in [3.05, 3.63) is 30.0 Å². The van der Waals surface area contributed by atoms with Gasteiger partial charge in [0.15, 0.2) is 0 Å². The molecule has 0 unspecified atom stereocenters. The molecule has 0 amide bonds. The fourth-order valence-electron chi connectivity index (χ4n) is 2.59. The molecule has 1 aromatic heterocycles. The first kappa shape index (κ1) is 10.7. The van der Waals surface area contributed by atoms with Crippen LogP contribution in [0.4, 0.5) is 5.69 Å². The molecule has 3 nitrogen and oxygen atoms in total. The fraction of sp³-hybridized carbons (Fsp3) is 0.429. The number of hydrogen-bond donors (Lipinski definition) is 2. The van der Waals surface area contributed by atoms with Crippen LogP contribution in [0.3, 0.4) is 0 Å². The van der Waals surface area contributed by atoms with Crippen LogP contribution in [0.5, 0.6) is 0 Å². The summed E-state index contributed by atoms with van der Waals surface area (Å²) >= 11 is 0. The lowest BCUT2D eigenvalue weighted by Crippen LogP contribution is -2.34. The highest BCUT2D eigenvalue weighted by Crippen LogP contribution is 2.26. The molecule has 1 heterocycles. The number of aryl methyl sites for hydroxylation is 1. The van der Waals surface area contributed by atoms with Gasteiger partial charge >= 0.3 is 0 Å². The summed E-state index contributed by atoms with van der Waals surface area (Å²) in [4.78, 5) is 0. The Morgan fingerprint density at radius 1 is 1.41 bits per heavy atom. The van der Waals surface area contributed by atoms with Crippen LogP contribution in [0, 0.1) is 0 Å². The molecule has 90 valence electrons. The van der Waals surface area contributed by atoms with Crippen LogP contribution in [0.2, 0.25) is 0 Å². The second-order valence-corrected chi connectivity index (χ2v) is 5.02. The van der Waals surface area contributed by atoms with Gasteiger partial charge in [0.05, 0.1) is 11.2 Å². The van der Waals surface area contributed by atoms with Gasteiger partial charge in [0.25, 0.3) is 0 Å². The maximum Gasteiger partial charge on any atom is 0.0714 e. The number of benzene rings is 1. The van der Waals surface area contributed by atoms with Gasteiger partial charge in [-0.2, -0.15) is 0 Å². The maximum absolute atomic E-state index is 6.02. The van der Waals surface area contributed by atoms with Crippen molar-refractivity contribution < 1.29 is 0 Å². The van der Waals surface area contributed by atoms with Crippen molar-refractivity contribution >= 4 is 16.6 Å². The number of para-hydroxylation sites is 1. The van der Waals surface area contributed by atoms with Gasteiger partial charge in [-0.1, -0.05) is 18.6 Å². The number of anilines is 1. The zero-order valence-electron chi connectivity index (χ0n) is 10.2. The van der Waals surface area contributed by atoms with E-state index in [1.54, 1.807) is 0 Å². The van der Waals surface area contributed by atoms with Gasteiger partial charge in [-0.15, -0.1) is 0 Å². The highest BCUT2D eigenvalue weighted by atomic mass is 15.0. The third-order valence-electron chi connectivity index (χ3n) is 3.80. The molecule has 1 fully saturated rings. The van der Waals surface area contributed by atoms with Gasteiger partial charge in [-0.25, -0.2) is 0 Å². The molecule has 0 spiro atoms. The lowest BCUT2D eigenvalue weighted by molar-refractivity contribution is 0.338. The summed E-state index contributed by atoms with van der Waals surface area (Å²) in [5, 5.41) is 4.88. The van der Waals surface area contributed by atoms with Gasteiger partial charge in [-0.3, -0.25) is 0 Å².